The molecule has 9 nitrogen and oxygen atoms in total. The summed E-state index contributed by atoms with van der Waals surface area (Å²) in [7, 11) is 0. The highest BCUT2D eigenvalue weighted by molar-refractivity contribution is 5.91. The number of carbonyl (C=O) groups excluding carboxylic acids is 1. The van der Waals surface area contributed by atoms with E-state index in [4.69, 9.17) is 9.15 Å². The lowest BCUT2D eigenvalue weighted by Gasteiger charge is -2.31. The Morgan fingerprint density at radius 2 is 2.20 bits per heavy atom. The van der Waals surface area contributed by atoms with E-state index in [0.29, 0.717) is 13.1 Å². The first kappa shape index (κ1) is 16.9. The molecule has 0 saturated carbocycles. The van der Waals surface area contributed by atoms with Crippen molar-refractivity contribution in [3.63, 3.8) is 0 Å². The van der Waals surface area contributed by atoms with Gasteiger partial charge in [0.2, 0.25) is 0 Å². The summed E-state index contributed by atoms with van der Waals surface area (Å²) < 4.78 is 10.7. The van der Waals surface area contributed by atoms with Crippen LogP contribution < -0.4 is 4.74 Å². The fourth-order valence-electron chi connectivity index (χ4n) is 2.65. The molecule has 1 atom stereocenters. The molecule has 1 unspecified atom stereocenters. The van der Waals surface area contributed by atoms with Crippen molar-refractivity contribution < 1.29 is 18.9 Å². The van der Waals surface area contributed by atoms with Gasteiger partial charge in [0.25, 0.3) is 5.91 Å². The van der Waals surface area contributed by atoms with E-state index in [-0.39, 0.29) is 23.8 Å². The number of nitro groups is 1. The lowest BCUT2D eigenvalue weighted by Crippen LogP contribution is -2.44. The second-order valence-electron chi connectivity index (χ2n) is 5.76. The predicted octanol–water partition coefficient (Wildman–Crippen LogP) is 2.22. The zero-order valence-electron chi connectivity index (χ0n) is 13.8. The Bertz CT molecular complexity index is 758. The summed E-state index contributed by atoms with van der Waals surface area (Å²) >= 11 is 0. The smallest absolute Gasteiger partial charge is 0.433 e. The van der Waals surface area contributed by atoms with Gasteiger partial charge in [0.15, 0.2) is 5.76 Å². The van der Waals surface area contributed by atoms with Crippen molar-refractivity contribution in [3.8, 4) is 6.01 Å². The Balaban J connectivity index is 1.63. The van der Waals surface area contributed by atoms with Gasteiger partial charge in [0.1, 0.15) is 11.0 Å². The van der Waals surface area contributed by atoms with Crippen LogP contribution in [0.3, 0.4) is 0 Å². The third-order valence-corrected chi connectivity index (χ3v) is 4.01. The van der Waals surface area contributed by atoms with Gasteiger partial charge in [0, 0.05) is 18.9 Å². The monoisotopic (exact) mass is 346 g/mol. The zero-order valence-corrected chi connectivity index (χ0v) is 13.8. The van der Waals surface area contributed by atoms with Crippen LogP contribution >= 0.6 is 0 Å². The molecule has 3 rings (SSSR count). The van der Waals surface area contributed by atoms with Gasteiger partial charge in [0.05, 0.1) is 12.6 Å². The number of piperidine rings is 1. The minimum atomic E-state index is -0.670. The van der Waals surface area contributed by atoms with E-state index in [2.05, 4.69) is 9.97 Å². The number of nitrogens with zero attached hydrogens (tertiary/aromatic N) is 4. The highest BCUT2D eigenvalue weighted by Crippen LogP contribution is 2.21. The van der Waals surface area contributed by atoms with Crippen molar-refractivity contribution in [2.75, 3.05) is 13.1 Å². The third kappa shape index (κ3) is 3.93. The zero-order chi connectivity index (χ0) is 17.8. The number of hydrogen-bond acceptors (Lipinski definition) is 7. The minimum Gasteiger partial charge on any atom is -0.458 e. The van der Waals surface area contributed by atoms with Crippen LogP contribution in [0.25, 0.3) is 0 Å². The van der Waals surface area contributed by atoms with Crippen LogP contribution in [0.15, 0.2) is 28.9 Å². The summed E-state index contributed by atoms with van der Waals surface area (Å²) in [5, 5.41) is 10.7. The third-order valence-electron chi connectivity index (χ3n) is 4.01. The van der Waals surface area contributed by atoms with Gasteiger partial charge in [-0.25, -0.2) is 9.97 Å². The molecule has 0 spiro atoms. The molecule has 0 aromatic carbocycles. The lowest BCUT2D eigenvalue weighted by atomic mass is 10.1. The number of rotatable bonds is 5. The van der Waals surface area contributed by atoms with Crippen molar-refractivity contribution in [3.05, 3.63) is 46.0 Å². The number of aromatic nitrogens is 2. The molecule has 2 aromatic heterocycles. The first-order valence-corrected chi connectivity index (χ1v) is 8.08. The maximum Gasteiger partial charge on any atom is 0.433 e. The first-order valence-electron chi connectivity index (χ1n) is 8.08. The molecule has 0 bridgehead atoms. The summed E-state index contributed by atoms with van der Waals surface area (Å²) in [5.74, 6) is -0.878. The first-order chi connectivity index (χ1) is 12.1. The van der Waals surface area contributed by atoms with Gasteiger partial charge in [-0.2, -0.15) is 0 Å². The maximum atomic E-state index is 12.4. The normalized spacial score (nSPS) is 17.3. The molecule has 1 aliphatic rings. The molecule has 0 aliphatic carbocycles. The number of ether oxygens (including phenoxy) is 1. The molecule has 1 saturated heterocycles. The fraction of sp³-hybridized carbons (Fsp3) is 0.438. The molecule has 9 heteroatoms. The largest absolute Gasteiger partial charge is 0.458 e. The topological polar surface area (TPSA) is 112 Å². The average molecular weight is 346 g/mol. The Morgan fingerprint density at radius 3 is 2.84 bits per heavy atom. The Hall–Kier alpha value is -2.97. The van der Waals surface area contributed by atoms with E-state index in [1.54, 1.807) is 17.3 Å². The van der Waals surface area contributed by atoms with Crippen LogP contribution in [0.5, 0.6) is 6.01 Å². The number of hydrogen-bond donors (Lipinski definition) is 0. The van der Waals surface area contributed by atoms with Gasteiger partial charge >= 0.3 is 11.9 Å². The molecule has 3 heterocycles. The molecular weight excluding hydrogens is 328 g/mol. The Labute approximate surface area is 143 Å². The summed E-state index contributed by atoms with van der Waals surface area (Å²) in [6.45, 7) is 2.91. The molecule has 1 aliphatic heterocycles. The molecular formula is C16H18N4O5. The van der Waals surface area contributed by atoms with Crippen LogP contribution in [0.1, 0.15) is 35.9 Å². The van der Waals surface area contributed by atoms with Crippen molar-refractivity contribution >= 4 is 11.8 Å². The second kappa shape index (κ2) is 7.29. The minimum absolute atomic E-state index is 0.0455. The van der Waals surface area contributed by atoms with Gasteiger partial charge < -0.3 is 14.1 Å². The quantitative estimate of drug-likeness (QED) is 0.602. The molecule has 2 aromatic rings. The van der Waals surface area contributed by atoms with Crippen LogP contribution in [0.2, 0.25) is 0 Å². The van der Waals surface area contributed by atoms with Crippen LogP contribution in [-0.2, 0) is 6.42 Å². The van der Waals surface area contributed by atoms with Crippen LogP contribution in [-0.4, -0.2) is 44.9 Å². The van der Waals surface area contributed by atoms with E-state index in [1.165, 1.54) is 12.1 Å². The van der Waals surface area contributed by atoms with Crippen molar-refractivity contribution in [1.29, 1.82) is 0 Å². The van der Waals surface area contributed by atoms with E-state index < -0.39 is 10.8 Å². The number of carbonyl (C=O) groups is 1. The van der Waals surface area contributed by atoms with Gasteiger partial charge in [-0.3, -0.25) is 14.9 Å². The standard InChI is InChI=1S/C16H18N4O5/c1-2-11-8-17-16(18-9-11)24-12-4-3-7-19(10-12)15(21)13-5-6-14(25-13)20(22)23/h5-6,8-9,12H,2-4,7,10H2,1H3. The number of aryl methyl sites for hydroxylation is 1. The molecule has 0 radical (unpaired) electrons. The number of likely N-dealkylation sites (tertiary alicyclic amines) is 1. The Kier molecular flexibility index (Phi) is 4.92. The van der Waals surface area contributed by atoms with Crippen LogP contribution in [0.4, 0.5) is 5.88 Å². The van der Waals surface area contributed by atoms with E-state index in [0.717, 1.165) is 24.8 Å². The summed E-state index contributed by atoms with van der Waals surface area (Å²) in [6.07, 6.45) is 5.59. The Morgan fingerprint density at radius 1 is 1.44 bits per heavy atom. The van der Waals surface area contributed by atoms with E-state index in [1.807, 2.05) is 6.92 Å². The molecule has 0 N–H and O–H groups in total. The lowest BCUT2D eigenvalue weighted by molar-refractivity contribution is -0.402. The van der Waals surface area contributed by atoms with Crippen LogP contribution in [0, 0.1) is 10.1 Å². The fourth-order valence-corrected chi connectivity index (χ4v) is 2.65. The van der Waals surface area contributed by atoms with Crippen molar-refractivity contribution in [2.24, 2.45) is 0 Å². The number of amides is 1. The molecule has 25 heavy (non-hydrogen) atoms. The average Bonchev–Trinajstić information content (AvgIpc) is 3.12. The summed E-state index contributed by atoms with van der Waals surface area (Å²) in [6, 6.07) is 2.77. The van der Waals surface area contributed by atoms with Gasteiger partial charge in [-0.05, 0) is 30.9 Å². The summed E-state index contributed by atoms with van der Waals surface area (Å²) in [5.41, 5.74) is 1.02. The molecule has 1 amide bonds. The van der Waals surface area contributed by atoms with E-state index in [9.17, 15) is 14.9 Å². The van der Waals surface area contributed by atoms with Crippen molar-refractivity contribution in [1.82, 2.24) is 14.9 Å². The molecule has 1 fully saturated rings. The van der Waals surface area contributed by atoms with Crippen molar-refractivity contribution in [2.45, 2.75) is 32.3 Å². The predicted molar refractivity (Wildman–Crippen MR) is 86.3 cm³/mol. The highest BCUT2D eigenvalue weighted by Gasteiger charge is 2.29. The van der Waals surface area contributed by atoms with Gasteiger partial charge in [-0.15, -0.1) is 0 Å². The SMILES string of the molecule is CCc1cnc(OC2CCCN(C(=O)c3ccc([N+](=O)[O-])o3)C2)nc1. The molecule has 132 valence electrons. The summed E-state index contributed by atoms with van der Waals surface area (Å²) in [4.78, 5) is 32.3. The second-order valence-corrected chi connectivity index (χ2v) is 5.76. The number of furan rings is 1. The van der Waals surface area contributed by atoms with E-state index >= 15 is 0 Å². The maximum absolute atomic E-state index is 12.4. The van der Waals surface area contributed by atoms with Gasteiger partial charge in [-0.1, -0.05) is 6.92 Å². The highest BCUT2D eigenvalue weighted by atomic mass is 16.6.